The summed E-state index contributed by atoms with van der Waals surface area (Å²) in [5.74, 6) is -0.947. The topological polar surface area (TPSA) is 78.9 Å². The van der Waals surface area contributed by atoms with E-state index in [1.807, 2.05) is 0 Å². The van der Waals surface area contributed by atoms with Crippen LogP contribution in [0.2, 0.25) is 0 Å². The fraction of sp³-hybridized carbons (Fsp3) is 0.691. The maximum Gasteiger partial charge on any atom is 0.306 e. The molecule has 6 nitrogen and oxygen atoms in total. The van der Waals surface area contributed by atoms with E-state index in [0.717, 1.165) is 116 Å². The molecule has 0 spiro atoms. The number of unbranched alkanes of at least 4 members (excludes halogenated alkanes) is 23. The molecule has 0 aromatic rings. The molecule has 0 fully saturated rings. The van der Waals surface area contributed by atoms with Gasteiger partial charge >= 0.3 is 17.9 Å². The van der Waals surface area contributed by atoms with Gasteiger partial charge in [-0.3, -0.25) is 14.4 Å². The third-order valence-electron chi connectivity index (χ3n) is 10.5. The Kier molecular flexibility index (Phi) is 46.5. The van der Waals surface area contributed by atoms with Gasteiger partial charge in [0.2, 0.25) is 0 Å². The predicted molar refractivity (Wildman–Crippen MR) is 261 cm³/mol. The summed E-state index contributed by atoms with van der Waals surface area (Å²) in [4.78, 5) is 37.9. The van der Waals surface area contributed by atoms with Crippen molar-refractivity contribution in [2.75, 3.05) is 13.2 Å². The molecule has 0 amide bonds. The molecule has 0 saturated heterocycles. The molecular weight excluding hydrogens is 757 g/mol. The van der Waals surface area contributed by atoms with Gasteiger partial charge in [-0.2, -0.15) is 0 Å². The van der Waals surface area contributed by atoms with E-state index in [0.29, 0.717) is 19.3 Å². The molecule has 6 heteroatoms. The SMILES string of the molecule is CCCC/C=C\CCCCCCC(=O)OCC(COC(=O)CCCCCCC\C=C/C=C\C=C/C=C\CCCCC)OC(=O)CCCCCCCC/C=C\C=C/CCCCC. The highest BCUT2D eigenvalue weighted by atomic mass is 16.6. The lowest BCUT2D eigenvalue weighted by Crippen LogP contribution is -2.30. The molecule has 0 saturated carbocycles. The molecule has 61 heavy (non-hydrogen) atoms. The van der Waals surface area contributed by atoms with Crippen molar-refractivity contribution in [2.24, 2.45) is 0 Å². The lowest BCUT2D eigenvalue weighted by atomic mass is 10.1. The highest BCUT2D eigenvalue weighted by molar-refractivity contribution is 5.71. The second-order valence-corrected chi connectivity index (χ2v) is 16.5. The molecule has 0 radical (unpaired) electrons. The number of carbonyl (C=O) groups excluding carboxylic acids is 3. The Morgan fingerprint density at radius 1 is 0.328 bits per heavy atom. The van der Waals surface area contributed by atoms with Gasteiger partial charge < -0.3 is 14.2 Å². The Hall–Kier alpha value is -3.41. The van der Waals surface area contributed by atoms with Crippen molar-refractivity contribution in [1.29, 1.82) is 0 Å². The van der Waals surface area contributed by atoms with Crippen molar-refractivity contribution in [3.05, 3.63) is 85.1 Å². The van der Waals surface area contributed by atoms with E-state index >= 15 is 0 Å². The molecule has 0 aliphatic carbocycles. The molecule has 348 valence electrons. The second kappa shape index (κ2) is 49.2. The molecule has 1 atom stereocenters. The van der Waals surface area contributed by atoms with Crippen molar-refractivity contribution in [3.8, 4) is 0 Å². The molecule has 0 aliphatic heterocycles. The quantitative estimate of drug-likeness (QED) is 0.0200. The fourth-order valence-corrected chi connectivity index (χ4v) is 6.60. The minimum Gasteiger partial charge on any atom is -0.462 e. The van der Waals surface area contributed by atoms with E-state index in [1.54, 1.807) is 0 Å². The van der Waals surface area contributed by atoms with Crippen LogP contribution in [0, 0.1) is 0 Å². The molecule has 0 heterocycles. The Balaban J connectivity index is 4.45. The van der Waals surface area contributed by atoms with Crippen LogP contribution >= 0.6 is 0 Å². The maximum atomic E-state index is 12.8. The van der Waals surface area contributed by atoms with Crippen molar-refractivity contribution < 1.29 is 28.6 Å². The van der Waals surface area contributed by atoms with Gasteiger partial charge in [0.1, 0.15) is 13.2 Å². The van der Waals surface area contributed by atoms with Crippen molar-refractivity contribution >= 4 is 17.9 Å². The summed E-state index contributed by atoms with van der Waals surface area (Å²) in [6, 6.07) is 0. The summed E-state index contributed by atoms with van der Waals surface area (Å²) in [5.41, 5.74) is 0. The third-order valence-corrected chi connectivity index (χ3v) is 10.5. The Bertz CT molecular complexity index is 1200. The predicted octanol–water partition coefficient (Wildman–Crippen LogP) is 16.4. The van der Waals surface area contributed by atoms with Gasteiger partial charge in [0.25, 0.3) is 0 Å². The monoisotopic (exact) mass is 849 g/mol. The average molecular weight is 849 g/mol. The summed E-state index contributed by atoms with van der Waals surface area (Å²) in [5, 5.41) is 0. The molecule has 0 aliphatic rings. The van der Waals surface area contributed by atoms with Crippen molar-refractivity contribution in [1.82, 2.24) is 0 Å². The zero-order valence-electron chi connectivity index (χ0n) is 39.7. The molecule has 0 rings (SSSR count). The van der Waals surface area contributed by atoms with Crippen LogP contribution in [0.15, 0.2) is 85.1 Å². The number of carbonyl (C=O) groups is 3. The number of hydrogen-bond donors (Lipinski definition) is 0. The van der Waals surface area contributed by atoms with Crippen LogP contribution in [0.1, 0.15) is 226 Å². The number of esters is 3. The van der Waals surface area contributed by atoms with Crippen LogP contribution in [0.5, 0.6) is 0 Å². The molecule has 0 N–H and O–H groups in total. The molecule has 0 bridgehead atoms. The Labute approximate surface area is 375 Å². The summed E-state index contributed by atoms with van der Waals surface area (Å²) in [6.45, 7) is 6.47. The summed E-state index contributed by atoms with van der Waals surface area (Å²) < 4.78 is 16.7. The van der Waals surface area contributed by atoms with Gasteiger partial charge in [-0.25, -0.2) is 0 Å². The van der Waals surface area contributed by atoms with E-state index in [4.69, 9.17) is 14.2 Å². The molecular formula is C55H92O6. The van der Waals surface area contributed by atoms with E-state index < -0.39 is 6.10 Å². The maximum absolute atomic E-state index is 12.8. The highest BCUT2D eigenvalue weighted by Crippen LogP contribution is 2.13. The van der Waals surface area contributed by atoms with Gasteiger partial charge in [-0.15, -0.1) is 0 Å². The summed E-state index contributed by atoms with van der Waals surface area (Å²) >= 11 is 0. The van der Waals surface area contributed by atoms with Gasteiger partial charge in [0.15, 0.2) is 6.10 Å². The first-order valence-corrected chi connectivity index (χ1v) is 25.2. The summed E-state index contributed by atoms with van der Waals surface area (Å²) in [6.07, 6.45) is 62.7. The lowest BCUT2D eigenvalue weighted by Gasteiger charge is -2.18. The first-order chi connectivity index (χ1) is 30.0. The molecule has 1 unspecified atom stereocenters. The lowest BCUT2D eigenvalue weighted by molar-refractivity contribution is -0.167. The molecule has 0 aromatic heterocycles. The van der Waals surface area contributed by atoms with Crippen molar-refractivity contribution in [2.45, 2.75) is 232 Å². The first kappa shape index (κ1) is 57.6. The van der Waals surface area contributed by atoms with Crippen LogP contribution in [0.25, 0.3) is 0 Å². The fourth-order valence-electron chi connectivity index (χ4n) is 6.60. The highest BCUT2D eigenvalue weighted by Gasteiger charge is 2.19. The Morgan fingerprint density at radius 3 is 1.03 bits per heavy atom. The zero-order valence-corrected chi connectivity index (χ0v) is 39.7. The number of ether oxygens (including phenoxy) is 3. The smallest absolute Gasteiger partial charge is 0.306 e. The van der Waals surface area contributed by atoms with E-state index in [-0.39, 0.29) is 31.1 Å². The van der Waals surface area contributed by atoms with Crippen LogP contribution in [-0.4, -0.2) is 37.2 Å². The minimum atomic E-state index is -0.796. The number of hydrogen-bond acceptors (Lipinski definition) is 6. The third kappa shape index (κ3) is 47.5. The normalized spacial score (nSPS) is 12.8. The minimum absolute atomic E-state index is 0.0963. The van der Waals surface area contributed by atoms with Crippen LogP contribution in [0.3, 0.4) is 0 Å². The van der Waals surface area contributed by atoms with Crippen molar-refractivity contribution in [3.63, 3.8) is 0 Å². The van der Waals surface area contributed by atoms with Crippen LogP contribution in [0.4, 0.5) is 0 Å². The number of rotatable bonds is 44. The van der Waals surface area contributed by atoms with Gasteiger partial charge in [0, 0.05) is 19.3 Å². The second-order valence-electron chi connectivity index (χ2n) is 16.5. The molecule has 0 aromatic carbocycles. The van der Waals surface area contributed by atoms with Crippen LogP contribution in [-0.2, 0) is 28.6 Å². The van der Waals surface area contributed by atoms with E-state index in [2.05, 4.69) is 106 Å². The van der Waals surface area contributed by atoms with Gasteiger partial charge in [-0.05, 0) is 89.9 Å². The zero-order chi connectivity index (χ0) is 44.4. The van der Waals surface area contributed by atoms with E-state index in [1.165, 1.54) is 70.6 Å². The van der Waals surface area contributed by atoms with E-state index in [9.17, 15) is 14.4 Å². The van der Waals surface area contributed by atoms with Gasteiger partial charge in [0.05, 0.1) is 0 Å². The largest absolute Gasteiger partial charge is 0.462 e. The first-order valence-electron chi connectivity index (χ1n) is 25.2. The van der Waals surface area contributed by atoms with Crippen LogP contribution < -0.4 is 0 Å². The number of allylic oxidation sites excluding steroid dienone is 14. The standard InChI is InChI=1S/C55H92O6/c1-4-7-10-13-16-19-22-24-26-27-28-30-31-33-36-39-42-45-48-54(57)60-51-52(50-59-53(56)47-44-41-38-35-21-18-15-12-9-6-3)61-55(58)49-46-43-40-37-34-32-29-25-23-20-17-14-11-8-5-2/h15-20,22-28,30,52H,4-14,21,29,31-51H2,1-3H3/b18-15-,19-16-,20-17-,24-22-,25-23-,27-26-,30-28-. The summed E-state index contributed by atoms with van der Waals surface area (Å²) in [7, 11) is 0. The average Bonchev–Trinajstić information content (AvgIpc) is 3.26. The van der Waals surface area contributed by atoms with Gasteiger partial charge in [-0.1, -0.05) is 202 Å². The Morgan fingerprint density at radius 2 is 0.623 bits per heavy atom.